The Morgan fingerprint density at radius 2 is 1.85 bits per heavy atom. The number of nitrogens with zero attached hydrogens (tertiary/aromatic N) is 2. The summed E-state index contributed by atoms with van der Waals surface area (Å²) in [7, 11) is -4.80. The van der Waals surface area contributed by atoms with E-state index in [1.807, 2.05) is 12.1 Å². The van der Waals surface area contributed by atoms with Crippen molar-refractivity contribution in [1.29, 1.82) is 0 Å². The number of benzene rings is 1. The first-order chi connectivity index (χ1) is 21.6. The SMILES string of the molecule is C=C[C@H]1C[C@@]1(NC(=O)[C@@H]1C[C@@H]2CN1C(=O)[C@H](C(C)(C)C)NC(=O)OCCCCCCc1cccc3c1CN(C3)C(=O)O2)P(=O)(O)O. The first-order valence-corrected chi connectivity index (χ1v) is 17.5. The lowest BCUT2D eigenvalue weighted by Gasteiger charge is -2.35. The lowest BCUT2D eigenvalue weighted by atomic mass is 9.85. The van der Waals surface area contributed by atoms with Gasteiger partial charge in [0.05, 0.1) is 13.2 Å². The van der Waals surface area contributed by atoms with E-state index in [2.05, 4.69) is 23.3 Å². The van der Waals surface area contributed by atoms with Crippen LogP contribution >= 0.6 is 7.60 Å². The second-order valence-electron chi connectivity index (χ2n) is 13.9. The molecule has 1 saturated carbocycles. The molecular weight excluding hydrogens is 615 g/mol. The molecule has 1 aliphatic carbocycles. The molecule has 0 spiro atoms. The third kappa shape index (κ3) is 6.96. The van der Waals surface area contributed by atoms with Gasteiger partial charge in [0.1, 0.15) is 23.5 Å². The minimum Gasteiger partial charge on any atom is -0.450 e. The van der Waals surface area contributed by atoms with E-state index in [1.54, 1.807) is 25.7 Å². The fraction of sp³-hybridized carbons (Fsp3) is 0.625. The number of alkyl carbamates (subject to hydrolysis) is 1. The summed E-state index contributed by atoms with van der Waals surface area (Å²) in [6.07, 6.45) is 3.35. The summed E-state index contributed by atoms with van der Waals surface area (Å²) in [5.74, 6) is -2.03. The van der Waals surface area contributed by atoms with Crippen LogP contribution in [-0.2, 0) is 43.1 Å². The largest absolute Gasteiger partial charge is 0.450 e. The molecule has 4 amide bonds. The quantitative estimate of drug-likeness (QED) is 0.278. The first kappa shape index (κ1) is 33.9. The smallest absolute Gasteiger partial charge is 0.410 e. The standard InChI is InChI=1S/C32H45N4O9P/c1-5-22-16-32(22,46(41,42)43)34-27(37)25-15-23-18-36(25)28(38)26(31(2,3)4)33-29(39)44-14-9-7-6-8-11-20-12-10-13-21-17-35(19-24(20)21)30(40)45-23/h5,10,12-13,22-23,25-26H,1,6-9,11,14-19H2,2-4H3,(H,33,39)(H,34,37)(H2,41,42,43)/t22-,23+,25-,26+,32+/m0/s1. The summed E-state index contributed by atoms with van der Waals surface area (Å²) in [6, 6.07) is 3.72. The summed E-state index contributed by atoms with van der Waals surface area (Å²) in [5.41, 5.74) is 2.53. The molecule has 3 aliphatic heterocycles. The van der Waals surface area contributed by atoms with Crippen LogP contribution in [0.1, 0.15) is 76.0 Å². The van der Waals surface area contributed by atoms with Crippen molar-refractivity contribution in [3.63, 3.8) is 0 Å². The van der Waals surface area contributed by atoms with Gasteiger partial charge in [-0.2, -0.15) is 0 Å². The zero-order chi connectivity index (χ0) is 33.4. The Kier molecular flexibility index (Phi) is 9.59. The number of amides is 4. The third-order valence-corrected chi connectivity index (χ3v) is 11.2. The number of hydrogen-bond donors (Lipinski definition) is 4. The van der Waals surface area contributed by atoms with Crippen LogP contribution in [-0.4, -0.2) is 80.2 Å². The summed E-state index contributed by atoms with van der Waals surface area (Å²) in [6.45, 7) is 9.72. The van der Waals surface area contributed by atoms with Gasteiger partial charge in [0.2, 0.25) is 11.8 Å². The van der Waals surface area contributed by atoms with Crippen LogP contribution in [0.5, 0.6) is 0 Å². The van der Waals surface area contributed by atoms with Gasteiger partial charge in [0.25, 0.3) is 0 Å². The molecule has 4 aliphatic rings. The second-order valence-corrected chi connectivity index (χ2v) is 15.8. The molecule has 4 bridgehead atoms. The van der Waals surface area contributed by atoms with Crippen molar-refractivity contribution < 1.29 is 43.0 Å². The van der Waals surface area contributed by atoms with Crippen molar-refractivity contribution >= 4 is 31.6 Å². The number of nitrogens with one attached hydrogen (secondary N) is 2. The Morgan fingerprint density at radius 1 is 1.13 bits per heavy atom. The minimum atomic E-state index is -4.80. The number of fused-ring (bicyclic) bond motifs is 3. The molecule has 0 aromatic heterocycles. The molecule has 1 aromatic rings. The molecule has 2 fully saturated rings. The van der Waals surface area contributed by atoms with Gasteiger partial charge in [-0.25, -0.2) is 9.59 Å². The van der Waals surface area contributed by atoms with Crippen molar-refractivity contribution in [2.75, 3.05) is 13.2 Å². The summed E-state index contributed by atoms with van der Waals surface area (Å²) in [4.78, 5) is 77.2. The maximum absolute atomic E-state index is 14.2. The molecule has 3 heterocycles. The predicted octanol–water partition coefficient (Wildman–Crippen LogP) is 3.56. The average molecular weight is 661 g/mol. The topological polar surface area (TPSA) is 175 Å². The predicted molar refractivity (Wildman–Crippen MR) is 167 cm³/mol. The molecule has 14 heteroatoms. The number of carbonyl (C=O) groups is 4. The molecule has 4 N–H and O–H groups in total. The highest BCUT2D eigenvalue weighted by Crippen LogP contribution is 2.67. The summed E-state index contributed by atoms with van der Waals surface area (Å²) in [5, 5.41) is 3.37. The summed E-state index contributed by atoms with van der Waals surface area (Å²) < 4.78 is 23.7. The van der Waals surface area contributed by atoms with Crippen LogP contribution in [0.3, 0.4) is 0 Å². The van der Waals surface area contributed by atoms with Crippen molar-refractivity contribution in [2.45, 2.75) is 102 Å². The zero-order valence-corrected chi connectivity index (χ0v) is 27.6. The van der Waals surface area contributed by atoms with Crippen LogP contribution in [0.2, 0.25) is 0 Å². The number of carbonyl (C=O) groups excluding carboxylic acids is 4. The highest BCUT2D eigenvalue weighted by molar-refractivity contribution is 7.54. The fourth-order valence-corrected chi connectivity index (χ4v) is 7.99. The van der Waals surface area contributed by atoms with E-state index in [-0.39, 0.29) is 26.0 Å². The number of rotatable bonds is 4. The minimum absolute atomic E-state index is 0.00111. The Bertz CT molecular complexity index is 1440. The van der Waals surface area contributed by atoms with Gasteiger partial charge in [-0.05, 0) is 47.8 Å². The Morgan fingerprint density at radius 3 is 2.52 bits per heavy atom. The number of hydrogen-bond acceptors (Lipinski definition) is 7. The van der Waals surface area contributed by atoms with E-state index in [1.165, 1.54) is 16.5 Å². The fourth-order valence-electron chi connectivity index (χ4n) is 6.76. The van der Waals surface area contributed by atoms with Crippen LogP contribution in [0.4, 0.5) is 9.59 Å². The molecule has 0 unspecified atom stereocenters. The molecule has 1 saturated heterocycles. The van der Waals surface area contributed by atoms with Gasteiger partial charge in [0, 0.05) is 25.4 Å². The van der Waals surface area contributed by atoms with Gasteiger partial charge >= 0.3 is 19.8 Å². The van der Waals surface area contributed by atoms with Gasteiger partial charge < -0.3 is 34.8 Å². The molecular formula is C32H45N4O9P. The Balaban J connectivity index is 1.43. The molecule has 5 atom stereocenters. The van der Waals surface area contributed by atoms with E-state index < -0.39 is 66.4 Å². The van der Waals surface area contributed by atoms with Crippen LogP contribution in [0.25, 0.3) is 0 Å². The van der Waals surface area contributed by atoms with E-state index in [9.17, 15) is 33.5 Å². The van der Waals surface area contributed by atoms with Gasteiger partial charge in [-0.1, -0.05) is 57.9 Å². The lowest BCUT2D eigenvalue weighted by molar-refractivity contribution is -0.142. The van der Waals surface area contributed by atoms with E-state index >= 15 is 0 Å². The van der Waals surface area contributed by atoms with Crippen LogP contribution in [0.15, 0.2) is 30.9 Å². The van der Waals surface area contributed by atoms with Crippen molar-refractivity contribution in [3.05, 3.63) is 47.5 Å². The maximum atomic E-state index is 14.2. The highest BCUT2D eigenvalue weighted by Gasteiger charge is 2.66. The van der Waals surface area contributed by atoms with Gasteiger partial charge in [-0.3, -0.25) is 19.1 Å². The molecule has 252 valence electrons. The van der Waals surface area contributed by atoms with Crippen LogP contribution < -0.4 is 10.6 Å². The molecule has 46 heavy (non-hydrogen) atoms. The van der Waals surface area contributed by atoms with E-state index in [0.29, 0.717) is 19.5 Å². The molecule has 5 rings (SSSR count). The van der Waals surface area contributed by atoms with Gasteiger partial charge in [-0.15, -0.1) is 6.58 Å². The second kappa shape index (κ2) is 13.0. The number of cyclic esters (lactones) is 1. The number of aryl methyl sites for hydroxylation is 1. The lowest BCUT2D eigenvalue weighted by Crippen LogP contribution is -2.58. The molecule has 1 aromatic carbocycles. The number of ether oxygens (including phenoxy) is 2. The van der Waals surface area contributed by atoms with Crippen molar-refractivity contribution in [3.8, 4) is 0 Å². The van der Waals surface area contributed by atoms with Gasteiger partial charge in [0.15, 0.2) is 0 Å². The zero-order valence-electron chi connectivity index (χ0n) is 26.7. The normalized spacial score (nSPS) is 29.4. The van der Waals surface area contributed by atoms with Crippen molar-refractivity contribution in [2.24, 2.45) is 11.3 Å². The highest BCUT2D eigenvalue weighted by atomic mass is 31.2. The van der Waals surface area contributed by atoms with E-state index in [4.69, 9.17) is 9.47 Å². The monoisotopic (exact) mass is 660 g/mol. The average Bonchev–Trinajstić information content (AvgIpc) is 3.30. The van der Waals surface area contributed by atoms with Crippen LogP contribution in [0, 0.1) is 11.3 Å². The van der Waals surface area contributed by atoms with E-state index in [0.717, 1.165) is 36.8 Å². The molecule has 13 nitrogen and oxygen atoms in total. The Hall–Kier alpha value is -3.41. The maximum Gasteiger partial charge on any atom is 0.410 e. The Labute approximate surface area is 269 Å². The first-order valence-electron chi connectivity index (χ1n) is 15.9. The summed E-state index contributed by atoms with van der Waals surface area (Å²) >= 11 is 0. The molecule has 0 radical (unpaired) electrons. The third-order valence-electron chi connectivity index (χ3n) is 9.53. The van der Waals surface area contributed by atoms with Crippen molar-refractivity contribution in [1.82, 2.24) is 20.4 Å².